The molecule has 68 valence electrons. The van der Waals surface area contributed by atoms with Crippen LogP contribution in [0.3, 0.4) is 0 Å². The fraction of sp³-hybridized carbons (Fsp3) is 0.300. The molecule has 2 rings (SSSR count). The normalized spacial score (nSPS) is 15.3. The highest BCUT2D eigenvalue weighted by molar-refractivity contribution is 7.13. The Labute approximate surface area is 82.0 Å². The van der Waals surface area contributed by atoms with Gasteiger partial charge in [0.2, 0.25) is 0 Å². The summed E-state index contributed by atoms with van der Waals surface area (Å²) < 4.78 is 0. The van der Waals surface area contributed by atoms with Crippen LogP contribution < -0.4 is 5.32 Å². The Morgan fingerprint density at radius 3 is 3.08 bits per heavy atom. The predicted molar refractivity (Wildman–Crippen MR) is 58.2 cm³/mol. The number of nitrogens with one attached hydrogen (secondary N) is 1. The average Bonchev–Trinajstić information content (AvgIpc) is 2.67. The largest absolute Gasteiger partial charge is 0.372 e. The monoisotopic (exact) mass is 192 g/mol. The van der Waals surface area contributed by atoms with E-state index in [-0.39, 0.29) is 0 Å². The van der Waals surface area contributed by atoms with Crippen LogP contribution in [-0.4, -0.2) is 12.9 Å². The summed E-state index contributed by atoms with van der Waals surface area (Å²) in [6.07, 6.45) is 5.07. The van der Waals surface area contributed by atoms with Gasteiger partial charge in [-0.3, -0.25) is 4.99 Å². The first-order valence-corrected chi connectivity index (χ1v) is 5.24. The van der Waals surface area contributed by atoms with Gasteiger partial charge in [-0.2, -0.15) is 0 Å². The van der Waals surface area contributed by atoms with Crippen molar-refractivity contribution >= 4 is 23.1 Å². The second-order valence-electron chi connectivity index (χ2n) is 2.89. The number of aryl methyl sites for hydroxylation is 1. The summed E-state index contributed by atoms with van der Waals surface area (Å²) in [5.74, 6) is 0. The zero-order valence-electron chi connectivity index (χ0n) is 7.58. The lowest BCUT2D eigenvalue weighted by Crippen LogP contribution is -2.10. The molecule has 0 saturated carbocycles. The van der Waals surface area contributed by atoms with Crippen LogP contribution in [0.4, 0.5) is 0 Å². The Morgan fingerprint density at radius 1 is 1.54 bits per heavy atom. The van der Waals surface area contributed by atoms with E-state index in [1.807, 2.05) is 23.8 Å². The second kappa shape index (κ2) is 3.75. The van der Waals surface area contributed by atoms with E-state index >= 15 is 0 Å². The number of nitrogens with zero attached hydrogens (tertiary/aromatic N) is 1. The third-order valence-corrected chi connectivity index (χ3v) is 3.24. The molecular weight excluding hydrogens is 180 g/mol. The first-order valence-electron chi connectivity index (χ1n) is 4.42. The molecule has 1 aromatic rings. The number of aliphatic imine (C=N–C) groups is 1. The number of hydrogen-bond donors (Lipinski definition) is 1. The first kappa shape index (κ1) is 8.51. The molecule has 1 aromatic heterocycles. The molecule has 2 nitrogen and oxygen atoms in total. The molecule has 13 heavy (non-hydrogen) atoms. The maximum Gasteiger partial charge on any atom is 0.107 e. The van der Waals surface area contributed by atoms with Crippen molar-refractivity contribution in [3.8, 4) is 0 Å². The van der Waals surface area contributed by atoms with Gasteiger partial charge >= 0.3 is 0 Å². The highest BCUT2D eigenvalue weighted by atomic mass is 32.1. The van der Waals surface area contributed by atoms with E-state index < -0.39 is 0 Å². The lowest BCUT2D eigenvalue weighted by Gasteiger charge is -2.05. The van der Waals surface area contributed by atoms with Gasteiger partial charge in [0.1, 0.15) is 6.67 Å². The number of thiophene rings is 1. The van der Waals surface area contributed by atoms with Crippen LogP contribution in [-0.2, 0) is 6.42 Å². The summed E-state index contributed by atoms with van der Waals surface area (Å²) in [7, 11) is 0. The third kappa shape index (κ3) is 1.80. The van der Waals surface area contributed by atoms with Crippen LogP contribution in [0.5, 0.6) is 0 Å². The van der Waals surface area contributed by atoms with Crippen molar-refractivity contribution < 1.29 is 0 Å². The third-order valence-electron chi connectivity index (χ3n) is 1.97. The van der Waals surface area contributed by atoms with Crippen molar-refractivity contribution in [2.45, 2.75) is 13.3 Å². The van der Waals surface area contributed by atoms with Gasteiger partial charge in [0.25, 0.3) is 0 Å². The van der Waals surface area contributed by atoms with Crippen LogP contribution in [0, 0.1) is 0 Å². The van der Waals surface area contributed by atoms with E-state index in [0.717, 1.165) is 6.42 Å². The summed E-state index contributed by atoms with van der Waals surface area (Å²) in [4.78, 5) is 6.90. The smallest absolute Gasteiger partial charge is 0.107 e. The molecular formula is C10H12N2S. The standard InChI is InChI=1S/C10H12N2S/c1-2-9-3-4-10(13-9)8-5-11-7-12-6-8/h3-6,11H,2,7H2,1H3. The molecule has 3 heteroatoms. The second-order valence-corrected chi connectivity index (χ2v) is 4.06. The number of rotatable bonds is 2. The number of allylic oxidation sites excluding steroid dienone is 1. The van der Waals surface area contributed by atoms with Crippen molar-refractivity contribution in [2.24, 2.45) is 4.99 Å². The van der Waals surface area contributed by atoms with Gasteiger partial charge in [-0.1, -0.05) is 6.92 Å². The van der Waals surface area contributed by atoms with Crippen LogP contribution in [0.25, 0.3) is 5.57 Å². The molecule has 0 saturated heterocycles. The highest BCUT2D eigenvalue weighted by Crippen LogP contribution is 2.23. The van der Waals surface area contributed by atoms with Gasteiger partial charge in [0.15, 0.2) is 0 Å². The Bertz CT molecular complexity index is 350. The number of hydrogen-bond acceptors (Lipinski definition) is 3. The SMILES string of the molecule is CCc1ccc(C2=CNCN=C2)s1. The quantitative estimate of drug-likeness (QED) is 0.764. The van der Waals surface area contributed by atoms with Gasteiger partial charge in [0, 0.05) is 27.7 Å². The van der Waals surface area contributed by atoms with Crippen molar-refractivity contribution in [2.75, 3.05) is 6.67 Å². The topological polar surface area (TPSA) is 24.4 Å². The lowest BCUT2D eigenvalue weighted by atomic mass is 10.2. The Balaban J connectivity index is 2.24. The van der Waals surface area contributed by atoms with E-state index in [2.05, 4.69) is 29.4 Å². The molecule has 0 atom stereocenters. The Morgan fingerprint density at radius 2 is 2.46 bits per heavy atom. The zero-order valence-corrected chi connectivity index (χ0v) is 8.40. The van der Waals surface area contributed by atoms with Gasteiger partial charge in [-0.25, -0.2) is 0 Å². The van der Waals surface area contributed by atoms with Crippen molar-refractivity contribution in [1.29, 1.82) is 0 Å². The Hall–Kier alpha value is -1.09. The summed E-state index contributed by atoms with van der Waals surface area (Å²) in [6.45, 7) is 2.88. The van der Waals surface area contributed by atoms with E-state index in [4.69, 9.17) is 0 Å². The summed E-state index contributed by atoms with van der Waals surface area (Å²) in [5, 5.41) is 3.11. The molecule has 1 N–H and O–H groups in total. The van der Waals surface area contributed by atoms with E-state index in [1.54, 1.807) is 0 Å². The van der Waals surface area contributed by atoms with Crippen LogP contribution in [0.1, 0.15) is 16.7 Å². The molecule has 2 heterocycles. The minimum absolute atomic E-state index is 0.704. The van der Waals surface area contributed by atoms with Crippen molar-refractivity contribution in [3.63, 3.8) is 0 Å². The average molecular weight is 192 g/mol. The fourth-order valence-corrected chi connectivity index (χ4v) is 2.18. The molecule has 0 bridgehead atoms. The summed E-state index contributed by atoms with van der Waals surface area (Å²) >= 11 is 1.84. The highest BCUT2D eigenvalue weighted by Gasteiger charge is 2.04. The molecule has 0 spiro atoms. The zero-order chi connectivity index (χ0) is 9.10. The minimum Gasteiger partial charge on any atom is -0.372 e. The molecule has 0 unspecified atom stereocenters. The molecule has 1 aliphatic heterocycles. The van der Waals surface area contributed by atoms with Crippen LogP contribution in [0.2, 0.25) is 0 Å². The molecule has 0 radical (unpaired) electrons. The molecule has 0 fully saturated rings. The minimum atomic E-state index is 0.704. The fourth-order valence-electron chi connectivity index (χ4n) is 1.25. The van der Waals surface area contributed by atoms with Gasteiger partial charge in [0.05, 0.1) is 0 Å². The van der Waals surface area contributed by atoms with Gasteiger partial charge in [-0.05, 0) is 18.6 Å². The maximum absolute atomic E-state index is 4.17. The van der Waals surface area contributed by atoms with Crippen LogP contribution >= 0.6 is 11.3 Å². The Kier molecular flexibility index (Phi) is 2.45. The molecule has 1 aliphatic rings. The van der Waals surface area contributed by atoms with E-state index in [0.29, 0.717) is 6.67 Å². The molecule has 0 aliphatic carbocycles. The summed E-state index contributed by atoms with van der Waals surface area (Å²) in [6, 6.07) is 4.34. The predicted octanol–water partition coefficient (Wildman–Crippen LogP) is 2.28. The summed E-state index contributed by atoms with van der Waals surface area (Å²) in [5.41, 5.74) is 1.19. The first-order chi connectivity index (χ1) is 6.40. The van der Waals surface area contributed by atoms with Crippen molar-refractivity contribution in [1.82, 2.24) is 5.32 Å². The lowest BCUT2D eigenvalue weighted by molar-refractivity contribution is 0.883. The van der Waals surface area contributed by atoms with Crippen LogP contribution in [0.15, 0.2) is 23.3 Å². The van der Waals surface area contributed by atoms with E-state index in [9.17, 15) is 0 Å². The van der Waals surface area contributed by atoms with Gasteiger partial charge in [-0.15, -0.1) is 11.3 Å². The molecule has 0 amide bonds. The maximum atomic E-state index is 4.17. The molecule has 0 aromatic carbocycles. The van der Waals surface area contributed by atoms with Gasteiger partial charge < -0.3 is 5.32 Å². The van der Waals surface area contributed by atoms with Crippen molar-refractivity contribution in [3.05, 3.63) is 28.1 Å². The van der Waals surface area contributed by atoms with E-state index in [1.165, 1.54) is 15.3 Å².